The van der Waals surface area contributed by atoms with Crippen molar-refractivity contribution in [3.63, 3.8) is 0 Å². The molecule has 100 valence electrons. The highest BCUT2D eigenvalue weighted by Crippen LogP contribution is 2.21. The summed E-state index contributed by atoms with van der Waals surface area (Å²) in [6, 6.07) is 2.63. The predicted molar refractivity (Wildman–Crippen MR) is 75.8 cm³/mol. The van der Waals surface area contributed by atoms with Gasteiger partial charge < -0.3 is 10.6 Å². The average Bonchev–Trinajstić information content (AvgIpc) is 2.66. The molecule has 1 aromatic rings. The Kier molecular flexibility index (Phi) is 4.40. The van der Waals surface area contributed by atoms with E-state index in [9.17, 15) is 4.79 Å². The van der Waals surface area contributed by atoms with Crippen LogP contribution in [0.25, 0.3) is 0 Å². The lowest BCUT2D eigenvalue weighted by Crippen LogP contribution is -2.42. The summed E-state index contributed by atoms with van der Waals surface area (Å²) in [5, 5.41) is 6.45. The quantitative estimate of drug-likeness (QED) is 0.882. The minimum Gasteiger partial charge on any atom is -0.351 e. The van der Waals surface area contributed by atoms with Gasteiger partial charge in [0.2, 0.25) is 5.91 Å². The van der Waals surface area contributed by atoms with Crippen molar-refractivity contribution >= 4 is 17.2 Å². The highest BCUT2D eigenvalue weighted by molar-refractivity contribution is 7.12. The van der Waals surface area contributed by atoms with Gasteiger partial charge in [-0.1, -0.05) is 0 Å². The van der Waals surface area contributed by atoms with E-state index in [1.165, 1.54) is 15.3 Å². The molecule has 3 nitrogen and oxygen atoms in total. The summed E-state index contributed by atoms with van der Waals surface area (Å²) in [5.41, 5.74) is 1.32. The molecule has 0 aromatic carbocycles. The monoisotopic (exact) mass is 266 g/mol. The summed E-state index contributed by atoms with van der Waals surface area (Å²) in [4.78, 5) is 14.7. The van der Waals surface area contributed by atoms with Crippen LogP contribution in [0.4, 0.5) is 0 Å². The maximum absolute atomic E-state index is 12.1. The van der Waals surface area contributed by atoms with Crippen molar-refractivity contribution in [1.82, 2.24) is 10.6 Å². The molecular formula is C14H22N2OS. The number of hydrogen-bond donors (Lipinski definition) is 2. The van der Waals surface area contributed by atoms with Crippen molar-refractivity contribution < 1.29 is 4.79 Å². The molecule has 1 aromatic heterocycles. The van der Waals surface area contributed by atoms with Crippen LogP contribution in [0.15, 0.2) is 6.07 Å². The third-order valence-corrected chi connectivity index (χ3v) is 4.80. The van der Waals surface area contributed by atoms with E-state index < -0.39 is 0 Å². The van der Waals surface area contributed by atoms with Gasteiger partial charge in [-0.2, -0.15) is 0 Å². The van der Waals surface area contributed by atoms with E-state index in [0.29, 0.717) is 12.6 Å². The van der Waals surface area contributed by atoms with Crippen LogP contribution in [0.5, 0.6) is 0 Å². The second-order valence-corrected chi connectivity index (χ2v) is 6.59. The van der Waals surface area contributed by atoms with Crippen LogP contribution in [-0.2, 0) is 11.3 Å². The number of carbonyl (C=O) groups is 1. The van der Waals surface area contributed by atoms with Gasteiger partial charge in [0, 0.05) is 21.7 Å². The molecule has 1 amide bonds. The second kappa shape index (κ2) is 5.85. The Hall–Kier alpha value is -0.870. The van der Waals surface area contributed by atoms with Gasteiger partial charge >= 0.3 is 0 Å². The van der Waals surface area contributed by atoms with Gasteiger partial charge in [-0.3, -0.25) is 4.79 Å². The molecule has 2 atom stereocenters. The first-order chi connectivity index (χ1) is 8.56. The minimum absolute atomic E-state index is 0.184. The van der Waals surface area contributed by atoms with Crippen molar-refractivity contribution in [2.75, 3.05) is 6.54 Å². The molecule has 2 unspecified atom stereocenters. The van der Waals surface area contributed by atoms with Gasteiger partial charge in [-0.25, -0.2) is 0 Å². The van der Waals surface area contributed by atoms with E-state index in [0.717, 1.165) is 19.4 Å². The maximum Gasteiger partial charge on any atom is 0.223 e. The molecule has 0 aliphatic carbocycles. The average molecular weight is 266 g/mol. The topological polar surface area (TPSA) is 41.1 Å². The van der Waals surface area contributed by atoms with E-state index in [1.807, 2.05) is 0 Å². The van der Waals surface area contributed by atoms with E-state index in [4.69, 9.17) is 0 Å². The Labute approximate surface area is 113 Å². The molecule has 2 heterocycles. The summed E-state index contributed by atoms with van der Waals surface area (Å²) < 4.78 is 0. The molecule has 1 saturated heterocycles. The third kappa shape index (κ3) is 3.33. The summed E-state index contributed by atoms with van der Waals surface area (Å²) in [6.07, 6.45) is 1.91. The number of nitrogens with one attached hydrogen (secondary N) is 2. The normalized spacial score (nSPS) is 23.9. The minimum atomic E-state index is 0.184. The standard InChI is InChI=1S/C14H22N2OS/c1-9-6-13(18-11(9)3)8-16-14(17)12-4-5-15-10(2)7-12/h6,10,12,15H,4-5,7-8H2,1-3H3,(H,16,17). The number of carbonyl (C=O) groups excluding carboxylic acids is 1. The molecule has 0 radical (unpaired) electrons. The molecule has 0 spiro atoms. The molecule has 2 rings (SSSR count). The molecule has 4 heteroatoms. The van der Waals surface area contributed by atoms with Crippen LogP contribution < -0.4 is 10.6 Å². The third-order valence-electron chi connectivity index (χ3n) is 3.65. The number of piperidine rings is 1. The van der Waals surface area contributed by atoms with Crippen LogP contribution in [0.2, 0.25) is 0 Å². The van der Waals surface area contributed by atoms with Gasteiger partial charge in [-0.15, -0.1) is 11.3 Å². The second-order valence-electron chi connectivity index (χ2n) is 5.25. The Morgan fingerprint density at radius 1 is 1.56 bits per heavy atom. The van der Waals surface area contributed by atoms with Gasteiger partial charge in [0.1, 0.15) is 0 Å². The van der Waals surface area contributed by atoms with Crippen LogP contribution in [0.1, 0.15) is 35.1 Å². The van der Waals surface area contributed by atoms with Crippen LogP contribution >= 0.6 is 11.3 Å². The van der Waals surface area contributed by atoms with Crippen LogP contribution in [0.3, 0.4) is 0 Å². The first kappa shape index (κ1) is 13.6. The first-order valence-corrected chi connectivity index (χ1v) is 7.45. The first-order valence-electron chi connectivity index (χ1n) is 6.63. The Morgan fingerprint density at radius 2 is 2.33 bits per heavy atom. The zero-order valence-corrected chi connectivity index (χ0v) is 12.2. The molecule has 2 N–H and O–H groups in total. The smallest absolute Gasteiger partial charge is 0.223 e. The van der Waals surface area contributed by atoms with Crippen molar-refractivity contribution in [3.8, 4) is 0 Å². The molecule has 18 heavy (non-hydrogen) atoms. The Morgan fingerprint density at radius 3 is 2.94 bits per heavy atom. The van der Waals surface area contributed by atoms with Crippen molar-refractivity contribution in [1.29, 1.82) is 0 Å². The highest BCUT2D eigenvalue weighted by Gasteiger charge is 2.24. The van der Waals surface area contributed by atoms with Gasteiger partial charge in [0.05, 0.1) is 6.54 Å². The number of amides is 1. The summed E-state index contributed by atoms with van der Waals surface area (Å²) in [5.74, 6) is 0.399. The molecule has 1 aliphatic heterocycles. The van der Waals surface area contributed by atoms with E-state index in [2.05, 4.69) is 37.5 Å². The largest absolute Gasteiger partial charge is 0.351 e. The van der Waals surface area contributed by atoms with Crippen molar-refractivity contribution in [2.24, 2.45) is 5.92 Å². The zero-order valence-electron chi connectivity index (χ0n) is 11.4. The summed E-state index contributed by atoms with van der Waals surface area (Å²) in [6.45, 7) is 8.02. The van der Waals surface area contributed by atoms with E-state index in [1.54, 1.807) is 11.3 Å². The fourth-order valence-electron chi connectivity index (χ4n) is 2.43. The Balaban J connectivity index is 1.84. The fraction of sp³-hybridized carbons (Fsp3) is 0.643. The lowest BCUT2D eigenvalue weighted by atomic mass is 9.92. The van der Waals surface area contributed by atoms with Gasteiger partial charge in [0.25, 0.3) is 0 Å². The van der Waals surface area contributed by atoms with Crippen molar-refractivity contribution in [2.45, 2.75) is 46.2 Å². The lowest BCUT2D eigenvalue weighted by molar-refractivity contribution is -0.126. The SMILES string of the molecule is Cc1cc(CNC(=O)C2CCNC(C)C2)sc1C. The molecule has 0 saturated carbocycles. The maximum atomic E-state index is 12.1. The molecule has 1 aliphatic rings. The predicted octanol–water partition coefficient (Wildman–Crippen LogP) is 2.37. The molecule has 1 fully saturated rings. The van der Waals surface area contributed by atoms with Gasteiger partial charge in [0.15, 0.2) is 0 Å². The fourth-order valence-corrected chi connectivity index (χ4v) is 3.42. The molecular weight excluding hydrogens is 244 g/mol. The Bertz CT molecular complexity index is 408. The number of thiophene rings is 1. The zero-order chi connectivity index (χ0) is 13.1. The lowest BCUT2D eigenvalue weighted by Gasteiger charge is -2.27. The van der Waals surface area contributed by atoms with E-state index >= 15 is 0 Å². The highest BCUT2D eigenvalue weighted by atomic mass is 32.1. The summed E-state index contributed by atoms with van der Waals surface area (Å²) in [7, 11) is 0. The summed E-state index contributed by atoms with van der Waals surface area (Å²) >= 11 is 1.78. The molecule has 0 bridgehead atoms. The van der Waals surface area contributed by atoms with Crippen molar-refractivity contribution in [3.05, 3.63) is 21.4 Å². The number of rotatable bonds is 3. The van der Waals surface area contributed by atoms with Crippen LogP contribution in [0, 0.1) is 19.8 Å². The number of aryl methyl sites for hydroxylation is 2. The number of hydrogen-bond acceptors (Lipinski definition) is 3. The van der Waals surface area contributed by atoms with E-state index in [-0.39, 0.29) is 11.8 Å². The van der Waals surface area contributed by atoms with Gasteiger partial charge in [-0.05, 0) is 51.8 Å². The van der Waals surface area contributed by atoms with Crippen LogP contribution in [-0.4, -0.2) is 18.5 Å².